The van der Waals surface area contributed by atoms with Gasteiger partial charge in [-0.2, -0.15) is 0 Å². The van der Waals surface area contributed by atoms with E-state index in [4.69, 9.17) is 4.74 Å². The Morgan fingerprint density at radius 3 is 2.32 bits per heavy atom. The van der Waals surface area contributed by atoms with E-state index in [-0.39, 0.29) is 0 Å². The van der Waals surface area contributed by atoms with Crippen molar-refractivity contribution in [2.75, 3.05) is 7.11 Å². The second-order valence-electron chi connectivity index (χ2n) is 7.00. The molecule has 2 aromatic carbocycles. The smallest absolute Gasteiger partial charge is 0.130 e. The molecule has 0 radical (unpaired) electrons. The van der Waals surface area contributed by atoms with Gasteiger partial charge in [0.25, 0.3) is 0 Å². The molecule has 0 aliphatic heterocycles. The number of hydrogen-bond donors (Lipinski definition) is 0. The van der Waals surface area contributed by atoms with Crippen LogP contribution in [0, 0.1) is 13.8 Å². The molecule has 0 unspecified atom stereocenters. The third kappa shape index (κ3) is 4.57. The molecule has 0 heterocycles. The molecule has 0 aliphatic rings. The van der Waals surface area contributed by atoms with Crippen LogP contribution in [0.15, 0.2) is 47.6 Å². The maximum absolute atomic E-state index is 5.82. The summed E-state index contributed by atoms with van der Waals surface area (Å²) in [5, 5.41) is 2.51. The summed E-state index contributed by atoms with van der Waals surface area (Å²) < 4.78 is 5.82. The number of rotatable bonds is 7. The third-order valence-corrected chi connectivity index (χ3v) is 5.31. The monoisotopic (exact) mass is 334 g/mol. The summed E-state index contributed by atoms with van der Waals surface area (Å²) in [6, 6.07) is 8.54. The second-order valence-corrected chi connectivity index (χ2v) is 7.00. The van der Waals surface area contributed by atoms with Crippen LogP contribution in [0.5, 0.6) is 5.75 Å². The van der Waals surface area contributed by atoms with Crippen molar-refractivity contribution in [1.82, 2.24) is 0 Å². The van der Waals surface area contributed by atoms with E-state index in [9.17, 15) is 0 Å². The molecule has 25 heavy (non-hydrogen) atoms. The van der Waals surface area contributed by atoms with Gasteiger partial charge in [-0.15, -0.1) is 0 Å². The molecule has 2 aromatic rings. The summed E-state index contributed by atoms with van der Waals surface area (Å²) in [7, 11) is 4.00. The van der Waals surface area contributed by atoms with Crippen molar-refractivity contribution in [2.45, 2.75) is 53.3 Å². The van der Waals surface area contributed by atoms with Gasteiger partial charge in [0.2, 0.25) is 0 Å². The zero-order valence-corrected chi connectivity index (χ0v) is 16.7. The highest BCUT2D eigenvalue weighted by Crippen LogP contribution is 2.36. The molecule has 0 aliphatic carbocycles. The van der Waals surface area contributed by atoms with Crippen molar-refractivity contribution in [1.29, 1.82) is 0 Å². The van der Waals surface area contributed by atoms with Crippen molar-refractivity contribution in [3.05, 3.63) is 64.3 Å². The van der Waals surface area contributed by atoms with E-state index in [2.05, 4.69) is 72.0 Å². The molecule has 1 nitrogen and oxygen atoms in total. The Morgan fingerprint density at radius 2 is 1.68 bits per heavy atom. The first kappa shape index (κ1) is 19.4. The normalized spacial score (nSPS) is 12.7. The quantitative estimate of drug-likeness (QED) is 0.464. The number of benzene rings is 2. The van der Waals surface area contributed by atoms with Crippen LogP contribution in [0.1, 0.15) is 43.4 Å². The van der Waals surface area contributed by atoms with Crippen molar-refractivity contribution in [3.63, 3.8) is 0 Å². The van der Waals surface area contributed by atoms with Crippen LogP contribution in [-0.2, 0) is 6.42 Å². The lowest BCUT2D eigenvalue weighted by Crippen LogP contribution is -1.99. The lowest BCUT2D eigenvalue weighted by molar-refractivity contribution is 0.415. The first-order valence-electron chi connectivity index (χ1n) is 9.35. The standard InChI is InChI=1S/C23H31BO/c1-16(9-8-10-17(2)15-24)13-14-21-19(4)18(3)20-11-6-7-12-22(20)23(21)25-5/h6-7,10-13H,8-9,14-15,24H2,1-5H3/b16-13+,17-10+. The molecule has 0 N–H and O–H groups in total. The summed E-state index contributed by atoms with van der Waals surface area (Å²) in [4.78, 5) is 0. The van der Waals surface area contributed by atoms with Gasteiger partial charge in [-0.25, -0.2) is 0 Å². The van der Waals surface area contributed by atoms with Gasteiger partial charge < -0.3 is 4.74 Å². The average Bonchev–Trinajstić information content (AvgIpc) is 2.63. The molecule has 0 amide bonds. The van der Waals surface area contributed by atoms with Crippen LogP contribution in [0.2, 0.25) is 6.32 Å². The second kappa shape index (κ2) is 8.94. The minimum Gasteiger partial charge on any atom is -0.496 e. The van der Waals surface area contributed by atoms with Crippen molar-refractivity contribution in [3.8, 4) is 5.75 Å². The molecule has 0 aromatic heterocycles. The Balaban J connectivity index is 2.29. The van der Waals surface area contributed by atoms with Gasteiger partial charge in [0.15, 0.2) is 0 Å². The molecule has 0 atom stereocenters. The molecule has 0 saturated heterocycles. The summed E-state index contributed by atoms with van der Waals surface area (Å²) in [5.41, 5.74) is 6.96. The molecular weight excluding hydrogens is 303 g/mol. The molecule has 0 saturated carbocycles. The first-order valence-corrected chi connectivity index (χ1v) is 9.35. The lowest BCUT2D eigenvalue weighted by Gasteiger charge is -2.17. The third-order valence-electron chi connectivity index (χ3n) is 5.31. The number of methoxy groups -OCH3 is 1. The van der Waals surface area contributed by atoms with Gasteiger partial charge >= 0.3 is 0 Å². The highest BCUT2D eigenvalue weighted by atomic mass is 16.5. The largest absolute Gasteiger partial charge is 0.496 e. The van der Waals surface area contributed by atoms with Crippen LogP contribution in [0.25, 0.3) is 10.8 Å². The zero-order valence-electron chi connectivity index (χ0n) is 16.7. The Kier molecular flexibility index (Phi) is 6.93. The van der Waals surface area contributed by atoms with Crippen molar-refractivity contribution < 1.29 is 4.74 Å². The maximum atomic E-state index is 5.82. The molecule has 2 heteroatoms. The SMILES string of the molecule is BC/C(C)=C/CC/C(C)=C/Cc1c(C)c(C)c2ccccc2c1OC. The molecule has 0 spiro atoms. The highest BCUT2D eigenvalue weighted by molar-refractivity contribution is 6.10. The number of allylic oxidation sites excluding steroid dienone is 4. The lowest BCUT2D eigenvalue weighted by atomic mass is 9.92. The van der Waals surface area contributed by atoms with Gasteiger partial charge in [0.1, 0.15) is 13.6 Å². The van der Waals surface area contributed by atoms with E-state index in [1.807, 2.05) is 0 Å². The van der Waals surface area contributed by atoms with Gasteiger partial charge in [-0.3, -0.25) is 0 Å². The van der Waals surface area contributed by atoms with Crippen LogP contribution in [0.4, 0.5) is 0 Å². The topological polar surface area (TPSA) is 9.23 Å². The van der Waals surface area contributed by atoms with E-state index in [1.54, 1.807) is 7.11 Å². The van der Waals surface area contributed by atoms with Crippen LogP contribution >= 0.6 is 0 Å². The van der Waals surface area contributed by atoms with Crippen LogP contribution in [0.3, 0.4) is 0 Å². The van der Waals surface area contributed by atoms with E-state index >= 15 is 0 Å². The fourth-order valence-corrected chi connectivity index (χ4v) is 3.32. The van der Waals surface area contributed by atoms with Gasteiger partial charge in [0.05, 0.1) is 7.11 Å². The minimum absolute atomic E-state index is 0.934. The summed E-state index contributed by atoms with van der Waals surface area (Å²) in [6.45, 7) is 8.89. The molecule has 132 valence electrons. The van der Waals surface area contributed by atoms with Gasteiger partial charge in [0, 0.05) is 10.9 Å². The van der Waals surface area contributed by atoms with Crippen molar-refractivity contribution >= 4 is 18.6 Å². The summed E-state index contributed by atoms with van der Waals surface area (Å²) in [6.07, 6.45) is 9.08. The fraction of sp³-hybridized carbons (Fsp3) is 0.391. The van der Waals surface area contributed by atoms with Crippen molar-refractivity contribution in [2.24, 2.45) is 0 Å². The van der Waals surface area contributed by atoms with E-state index < -0.39 is 0 Å². The molecular formula is C23H31BO. The van der Waals surface area contributed by atoms with E-state index in [1.165, 1.54) is 38.6 Å². The van der Waals surface area contributed by atoms with Gasteiger partial charge in [-0.05, 0) is 63.5 Å². The summed E-state index contributed by atoms with van der Waals surface area (Å²) >= 11 is 0. The Hall–Kier alpha value is -1.96. The number of aryl methyl sites for hydroxylation is 1. The average molecular weight is 334 g/mol. The minimum atomic E-state index is 0.934. The molecule has 0 bridgehead atoms. The predicted octanol–water partition coefficient (Wildman–Crippen LogP) is 5.73. The molecule has 0 fully saturated rings. The highest BCUT2D eigenvalue weighted by Gasteiger charge is 2.14. The van der Waals surface area contributed by atoms with E-state index in [0.717, 1.165) is 31.3 Å². The Bertz CT molecular complexity index is 799. The van der Waals surface area contributed by atoms with Gasteiger partial charge in [-0.1, -0.05) is 53.9 Å². The Labute approximate surface area is 154 Å². The van der Waals surface area contributed by atoms with Crippen LogP contribution in [-0.4, -0.2) is 15.0 Å². The zero-order chi connectivity index (χ0) is 18.4. The number of ether oxygens (including phenoxy) is 1. The summed E-state index contributed by atoms with van der Waals surface area (Å²) in [5.74, 6) is 1.03. The number of fused-ring (bicyclic) bond motifs is 1. The Morgan fingerprint density at radius 1 is 1.00 bits per heavy atom. The predicted molar refractivity (Wildman–Crippen MR) is 114 cm³/mol. The van der Waals surface area contributed by atoms with Crippen LogP contribution < -0.4 is 4.74 Å². The molecule has 2 rings (SSSR count). The number of hydrogen-bond acceptors (Lipinski definition) is 1. The fourth-order valence-electron chi connectivity index (χ4n) is 3.32. The maximum Gasteiger partial charge on any atom is 0.130 e. The van der Waals surface area contributed by atoms with E-state index in [0.29, 0.717) is 0 Å². The first-order chi connectivity index (χ1) is 12.0.